The molecule has 6 heteroatoms. The summed E-state index contributed by atoms with van der Waals surface area (Å²) in [6, 6.07) is 20.3. The smallest absolute Gasteiger partial charge is 0.162 e. The lowest BCUT2D eigenvalue weighted by molar-refractivity contribution is 0.284. The number of H-pyrrole nitrogens is 1. The molecule has 1 aliphatic carbocycles. The zero-order chi connectivity index (χ0) is 20.5. The van der Waals surface area contributed by atoms with Gasteiger partial charge in [0.2, 0.25) is 0 Å². The molecule has 0 spiro atoms. The molecule has 0 fully saturated rings. The minimum atomic E-state index is -0.288. The summed E-state index contributed by atoms with van der Waals surface area (Å²) in [7, 11) is 1.64. The zero-order valence-electron chi connectivity index (χ0n) is 16.4. The predicted molar refractivity (Wildman–Crippen MR) is 114 cm³/mol. The number of hydrogen-bond donors (Lipinski definition) is 2. The third-order valence-corrected chi connectivity index (χ3v) is 5.21. The number of ether oxygens (including phenoxy) is 2. The summed E-state index contributed by atoms with van der Waals surface area (Å²) >= 11 is 0. The van der Waals surface area contributed by atoms with E-state index in [2.05, 4.69) is 15.5 Å². The van der Waals surface area contributed by atoms with E-state index >= 15 is 0 Å². The van der Waals surface area contributed by atoms with Crippen molar-refractivity contribution in [2.75, 3.05) is 12.4 Å². The van der Waals surface area contributed by atoms with Gasteiger partial charge in [0, 0.05) is 23.2 Å². The lowest BCUT2D eigenvalue weighted by Crippen LogP contribution is -1.99. The fourth-order valence-corrected chi connectivity index (χ4v) is 3.74. The highest BCUT2D eigenvalue weighted by atomic mass is 19.1. The number of halogens is 1. The fourth-order valence-electron chi connectivity index (χ4n) is 3.74. The van der Waals surface area contributed by atoms with Gasteiger partial charge in [-0.15, -0.1) is 0 Å². The van der Waals surface area contributed by atoms with Gasteiger partial charge in [-0.3, -0.25) is 5.10 Å². The van der Waals surface area contributed by atoms with Crippen molar-refractivity contribution in [2.24, 2.45) is 0 Å². The number of methoxy groups -OCH3 is 1. The summed E-state index contributed by atoms with van der Waals surface area (Å²) in [5.41, 5.74) is 5.79. The molecule has 0 bridgehead atoms. The van der Waals surface area contributed by atoms with Crippen LogP contribution in [0.2, 0.25) is 0 Å². The van der Waals surface area contributed by atoms with Crippen LogP contribution in [0.25, 0.3) is 11.3 Å². The highest BCUT2D eigenvalue weighted by molar-refractivity contribution is 5.81. The summed E-state index contributed by atoms with van der Waals surface area (Å²) in [6.45, 7) is 0.454. The standard InChI is InChI=1S/C24H20FN3O2/c1-29-21-11-16-10-20-23(27-28-24(20)26-18-9-5-8-17(25)12-18)19(16)13-22(21)30-14-15-6-3-2-4-7-15/h2-9,11-13H,10,14H2,1H3,(H2,26,27,28). The van der Waals surface area contributed by atoms with Crippen molar-refractivity contribution in [2.45, 2.75) is 13.0 Å². The van der Waals surface area contributed by atoms with E-state index in [0.29, 0.717) is 30.2 Å². The molecular weight excluding hydrogens is 381 g/mol. The number of fused-ring (bicyclic) bond motifs is 3. The van der Waals surface area contributed by atoms with Crippen LogP contribution >= 0.6 is 0 Å². The molecule has 1 heterocycles. The average molecular weight is 401 g/mol. The minimum Gasteiger partial charge on any atom is -0.493 e. The molecule has 30 heavy (non-hydrogen) atoms. The maximum absolute atomic E-state index is 13.5. The van der Waals surface area contributed by atoms with E-state index in [0.717, 1.165) is 33.8 Å². The van der Waals surface area contributed by atoms with Crippen molar-refractivity contribution in [1.82, 2.24) is 10.2 Å². The molecule has 0 saturated heterocycles. The van der Waals surface area contributed by atoms with Gasteiger partial charge in [0.1, 0.15) is 18.2 Å². The lowest BCUT2D eigenvalue weighted by atomic mass is 10.1. The number of nitrogens with one attached hydrogen (secondary N) is 2. The van der Waals surface area contributed by atoms with Crippen molar-refractivity contribution in [3.63, 3.8) is 0 Å². The molecule has 5 nitrogen and oxygen atoms in total. The average Bonchev–Trinajstić information content (AvgIpc) is 3.31. The molecule has 4 aromatic rings. The van der Waals surface area contributed by atoms with Gasteiger partial charge < -0.3 is 14.8 Å². The number of rotatable bonds is 6. The molecule has 1 aromatic heterocycles. The topological polar surface area (TPSA) is 59.2 Å². The van der Waals surface area contributed by atoms with Crippen molar-refractivity contribution in [1.29, 1.82) is 0 Å². The predicted octanol–water partition coefficient (Wildman–Crippen LogP) is 5.45. The van der Waals surface area contributed by atoms with Crippen molar-refractivity contribution in [3.8, 4) is 22.8 Å². The Kier molecular flexibility index (Phi) is 4.59. The van der Waals surface area contributed by atoms with E-state index in [9.17, 15) is 4.39 Å². The zero-order valence-corrected chi connectivity index (χ0v) is 16.4. The molecule has 150 valence electrons. The Hall–Kier alpha value is -3.80. The summed E-state index contributed by atoms with van der Waals surface area (Å²) in [4.78, 5) is 0. The number of aromatic amines is 1. The van der Waals surface area contributed by atoms with Crippen LogP contribution in [0, 0.1) is 5.82 Å². The monoisotopic (exact) mass is 401 g/mol. The maximum atomic E-state index is 13.5. The van der Waals surface area contributed by atoms with Crippen LogP contribution < -0.4 is 14.8 Å². The van der Waals surface area contributed by atoms with Crippen LogP contribution in [0.4, 0.5) is 15.9 Å². The largest absolute Gasteiger partial charge is 0.493 e. The number of hydrogen-bond acceptors (Lipinski definition) is 4. The number of benzene rings is 3. The van der Waals surface area contributed by atoms with Crippen LogP contribution in [0.3, 0.4) is 0 Å². The Morgan fingerprint density at radius 2 is 1.90 bits per heavy atom. The molecule has 0 radical (unpaired) electrons. The van der Waals surface area contributed by atoms with Gasteiger partial charge in [-0.2, -0.15) is 5.10 Å². The molecule has 0 amide bonds. The fraction of sp³-hybridized carbons (Fsp3) is 0.125. The van der Waals surface area contributed by atoms with Crippen LogP contribution in [0.1, 0.15) is 16.7 Å². The van der Waals surface area contributed by atoms with Crippen molar-refractivity contribution in [3.05, 3.63) is 89.2 Å². The van der Waals surface area contributed by atoms with Crippen LogP contribution in [0.15, 0.2) is 66.7 Å². The Balaban J connectivity index is 1.43. The number of anilines is 2. The Morgan fingerprint density at radius 3 is 2.70 bits per heavy atom. The summed E-state index contributed by atoms with van der Waals surface area (Å²) in [5.74, 6) is 1.84. The SMILES string of the molecule is COc1cc2c(cc1OCc1ccccc1)-c1n[nH]c(Nc3cccc(F)c3)c1C2. The second-order valence-electron chi connectivity index (χ2n) is 7.17. The van der Waals surface area contributed by atoms with Crippen LogP contribution in [0.5, 0.6) is 11.5 Å². The van der Waals surface area contributed by atoms with Crippen molar-refractivity contribution >= 4 is 11.5 Å². The van der Waals surface area contributed by atoms with Gasteiger partial charge in [0.25, 0.3) is 0 Å². The normalized spacial score (nSPS) is 11.7. The molecule has 1 aliphatic rings. The van der Waals surface area contributed by atoms with Gasteiger partial charge in [-0.25, -0.2) is 4.39 Å². The Bertz CT molecular complexity index is 1200. The Morgan fingerprint density at radius 1 is 1.03 bits per heavy atom. The first-order chi connectivity index (χ1) is 14.7. The maximum Gasteiger partial charge on any atom is 0.162 e. The first-order valence-corrected chi connectivity index (χ1v) is 9.69. The molecule has 0 atom stereocenters. The molecule has 0 saturated carbocycles. The van der Waals surface area contributed by atoms with Crippen molar-refractivity contribution < 1.29 is 13.9 Å². The Labute approximate surface area is 173 Å². The van der Waals surface area contributed by atoms with Gasteiger partial charge in [-0.05, 0) is 41.5 Å². The second-order valence-corrected chi connectivity index (χ2v) is 7.17. The van der Waals surface area contributed by atoms with Gasteiger partial charge in [0.15, 0.2) is 11.5 Å². The van der Waals surface area contributed by atoms with E-state index in [1.807, 2.05) is 48.5 Å². The van der Waals surface area contributed by atoms with E-state index in [1.54, 1.807) is 13.2 Å². The van der Waals surface area contributed by atoms with E-state index in [-0.39, 0.29) is 5.82 Å². The van der Waals surface area contributed by atoms with Gasteiger partial charge in [0.05, 0.1) is 12.8 Å². The van der Waals surface area contributed by atoms with Gasteiger partial charge in [-0.1, -0.05) is 36.4 Å². The minimum absolute atomic E-state index is 0.288. The van der Waals surface area contributed by atoms with E-state index < -0.39 is 0 Å². The molecule has 3 aromatic carbocycles. The van der Waals surface area contributed by atoms with E-state index in [1.165, 1.54) is 12.1 Å². The third-order valence-electron chi connectivity index (χ3n) is 5.21. The van der Waals surface area contributed by atoms with Crippen LogP contribution in [-0.4, -0.2) is 17.3 Å². The van der Waals surface area contributed by atoms with Crippen LogP contribution in [-0.2, 0) is 13.0 Å². The highest BCUT2D eigenvalue weighted by Gasteiger charge is 2.27. The number of nitrogens with zero attached hydrogens (tertiary/aromatic N) is 1. The lowest BCUT2D eigenvalue weighted by Gasteiger charge is -2.13. The summed E-state index contributed by atoms with van der Waals surface area (Å²) in [6.07, 6.45) is 0.703. The summed E-state index contributed by atoms with van der Waals surface area (Å²) < 4.78 is 25.1. The first-order valence-electron chi connectivity index (χ1n) is 9.69. The highest BCUT2D eigenvalue weighted by Crippen LogP contribution is 2.44. The molecule has 0 aliphatic heterocycles. The molecule has 5 rings (SSSR count). The van der Waals surface area contributed by atoms with Gasteiger partial charge >= 0.3 is 0 Å². The second kappa shape index (κ2) is 7.55. The molecule has 0 unspecified atom stereocenters. The molecular formula is C24H20FN3O2. The first kappa shape index (κ1) is 18.2. The quantitative estimate of drug-likeness (QED) is 0.397. The molecule has 2 N–H and O–H groups in total. The summed E-state index contributed by atoms with van der Waals surface area (Å²) in [5, 5.41) is 10.8. The number of aromatic nitrogens is 2. The van der Waals surface area contributed by atoms with E-state index in [4.69, 9.17) is 9.47 Å². The third kappa shape index (κ3) is 3.37.